The smallest absolute Gasteiger partial charge is 0.294 e. The van der Waals surface area contributed by atoms with E-state index in [1.165, 1.54) is 60.1 Å². The largest absolute Gasteiger partial charge is 0.440 e. The number of oxazole rings is 1. The Hall–Kier alpha value is -2.62. The number of aryl methyl sites for hydroxylation is 2. The van der Waals surface area contributed by atoms with Crippen molar-refractivity contribution < 1.29 is 8.98 Å². The van der Waals surface area contributed by atoms with Crippen molar-refractivity contribution in [1.82, 2.24) is 9.55 Å². The number of imidazole rings is 1. The minimum atomic E-state index is 0.521. The minimum absolute atomic E-state index is 0.521. The van der Waals surface area contributed by atoms with E-state index in [-0.39, 0.29) is 0 Å². The Morgan fingerprint density at radius 2 is 1.87 bits per heavy atom. The highest BCUT2D eigenvalue weighted by Crippen LogP contribution is 2.38. The van der Waals surface area contributed by atoms with Crippen LogP contribution in [0.25, 0.3) is 33.5 Å². The third-order valence-corrected chi connectivity index (χ3v) is 6.61. The maximum absolute atomic E-state index is 6.40. The first kappa shape index (κ1) is 19.3. The molecule has 0 spiro atoms. The van der Waals surface area contributed by atoms with Gasteiger partial charge in [0.05, 0.1) is 7.05 Å². The number of fused-ring (bicyclic) bond motifs is 2. The van der Waals surface area contributed by atoms with Gasteiger partial charge in [-0.25, -0.2) is 14.1 Å². The van der Waals surface area contributed by atoms with Crippen LogP contribution in [-0.4, -0.2) is 9.55 Å². The monoisotopic (exact) mass is 402 g/mol. The molecule has 1 aliphatic rings. The Morgan fingerprint density at radius 1 is 1.10 bits per heavy atom. The van der Waals surface area contributed by atoms with Gasteiger partial charge < -0.3 is 4.42 Å². The number of hydrogen-bond acceptors (Lipinski definition) is 2. The van der Waals surface area contributed by atoms with E-state index in [2.05, 4.69) is 73.4 Å². The highest BCUT2D eigenvalue weighted by molar-refractivity contribution is 5.91. The molecule has 4 aromatic rings. The van der Waals surface area contributed by atoms with E-state index in [0.29, 0.717) is 12.0 Å². The molecule has 30 heavy (non-hydrogen) atoms. The molecular weight excluding hydrogens is 370 g/mol. The van der Waals surface area contributed by atoms with E-state index < -0.39 is 0 Å². The molecule has 0 atom stereocenters. The highest BCUT2D eigenvalue weighted by atomic mass is 16.3. The fourth-order valence-electron chi connectivity index (χ4n) is 5.19. The standard InChI is InChI=1S/C26H32N3O/c1-17(2)16-23-27-20-15-14-18(3)24(25(20)30-23)26-28(4)21-12-8-9-13-22(21)29(26)19-10-6-5-7-11-19/h8-9,12-15,17,19H,5-7,10-11,16H2,1-4H3/q+1. The zero-order chi connectivity index (χ0) is 20.8. The second-order valence-electron chi connectivity index (χ2n) is 9.34. The summed E-state index contributed by atoms with van der Waals surface area (Å²) >= 11 is 0. The molecule has 4 nitrogen and oxygen atoms in total. The molecule has 4 heteroatoms. The number of nitrogens with zero attached hydrogens (tertiary/aromatic N) is 3. The van der Waals surface area contributed by atoms with E-state index in [4.69, 9.17) is 9.40 Å². The van der Waals surface area contributed by atoms with Crippen LogP contribution in [0, 0.1) is 12.8 Å². The third kappa shape index (κ3) is 3.13. The van der Waals surface area contributed by atoms with E-state index in [1.54, 1.807) is 0 Å². The number of aromatic nitrogens is 3. The molecule has 156 valence electrons. The van der Waals surface area contributed by atoms with Crippen molar-refractivity contribution in [3.05, 3.63) is 47.9 Å². The first-order valence-corrected chi connectivity index (χ1v) is 11.4. The van der Waals surface area contributed by atoms with Gasteiger partial charge in [0.25, 0.3) is 5.82 Å². The average molecular weight is 403 g/mol. The summed E-state index contributed by atoms with van der Waals surface area (Å²) in [6.07, 6.45) is 7.33. The molecule has 1 saturated carbocycles. The Balaban J connectivity index is 1.81. The molecular formula is C26H32N3O+. The number of para-hydroxylation sites is 2. The summed E-state index contributed by atoms with van der Waals surface area (Å²) in [5.74, 6) is 2.61. The minimum Gasteiger partial charge on any atom is -0.440 e. The molecule has 0 unspecified atom stereocenters. The van der Waals surface area contributed by atoms with Crippen molar-refractivity contribution in [2.45, 2.75) is 65.3 Å². The molecule has 2 heterocycles. The Labute approximate surface area is 178 Å². The summed E-state index contributed by atoms with van der Waals surface area (Å²) in [4.78, 5) is 4.82. The molecule has 0 saturated heterocycles. The number of rotatable bonds is 4. The van der Waals surface area contributed by atoms with Gasteiger partial charge in [-0.05, 0) is 62.3 Å². The Kier molecular flexibility index (Phi) is 4.88. The van der Waals surface area contributed by atoms with Crippen LogP contribution in [0.15, 0.2) is 40.8 Å². The van der Waals surface area contributed by atoms with Gasteiger partial charge in [0.1, 0.15) is 17.1 Å². The predicted octanol–water partition coefficient (Wildman–Crippen LogP) is 6.29. The number of hydrogen-bond donors (Lipinski definition) is 0. The zero-order valence-corrected chi connectivity index (χ0v) is 18.6. The molecule has 0 radical (unpaired) electrons. The fraction of sp³-hybridized carbons (Fsp3) is 0.462. The molecule has 2 aromatic heterocycles. The van der Waals surface area contributed by atoms with Crippen LogP contribution in [0.1, 0.15) is 63.4 Å². The summed E-state index contributed by atoms with van der Waals surface area (Å²) in [6.45, 7) is 6.62. The lowest BCUT2D eigenvalue weighted by molar-refractivity contribution is -0.634. The maximum atomic E-state index is 6.40. The van der Waals surface area contributed by atoms with E-state index in [0.717, 1.165) is 23.4 Å². The summed E-state index contributed by atoms with van der Waals surface area (Å²) < 4.78 is 11.4. The van der Waals surface area contributed by atoms with Gasteiger partial charge in [0.2, 0.25) is 0 Å². The van der Waals surface area contributed by atoms with Crippen molar-refractivity contribution in [3.63, 3.8) is 0 Å². The summed E-state index contributed by atoms with van der Waals surface area (Å²) in [6, 6.07) is 13.6. The van der Waals surface area contributed by atoms with E-state index in [9.17, 15) is 0 Å². The molecule has 1 aliphatic carbocycles. The van der Waals surface area contributed by atoms with Gasteiger partial charge in [0, 0.05) is 6.42 Å². The van der Waals surface area contributed by atoms with E-state index in [1.807, 2.05) is 0 Å². The number of benzene rings is 2. The molecule has 0 bridgehead atoms. The maximum Gasteiger partial charge on any atom is 0.294 e. The van der Waals surface area contributed by atoms with Crippen LogP contribution in [0.3, 0.4) is 0 Å². The van der Waals surface area contributed by atoms with Gasteiger partial charge in [-0.2, -0.15) is 0 Å². The van der Waals surface area contributed by atoms with Crippen LogP contribution in [-0.2, 0) is 13.5 Å². The second-order valence-corrected chi connectivity index (χ2v) is 9.34. The van der Waals surface area contributed by atoms with Crippen LogP contribution in [0.4, 0.5) is 0 Å². The summed E-state index contributed by atoms with van der Waals surface area (Å²) in [5, 5.41) is 0. The highest BCUT2D eigenvalue weighted by Gasteiger charge is 2.33. The first-order valence-electron chi connectivity index (χ1n) is 11.4. The SMILES string of the molecule is Cc1ccc2nc(CC(C)C)oc2c1-c1n(C2CCCCC2)c2ccccc2[n+]1C. The van der Waals surface area contributed by atoms with Crippen LogP contribution < -0.4 is 4.57 Å². The Morgan fingerprint density at radius 3 is 2.63 bits per heavy atom. The lowest BCUT2D eigenvalue weighted by Gasteiger charge is -2.21. The van der Waals surface area contributed by atoms with Crippen molar-refractivity contribution in [1.29, 1.82) is 0 Å². The van der Waals surface area contributed by atoms with Crippen LogP contribution in [0.2, 0.25) is 0 Å². The molecule has 1 fully saturated rings. The lowest BCUT2D eigenvalue weighted by Crippen LogP contribution is -2.31. The fourth-order valence-corrected chi connectivity index (χ4v) is 5.19. The Bertz CT molecular complexity index is 1210. The van der Waals surface area contributed by atoms with Crippen molar-refractivity contribution in [2.75, 3.05) is 0 Å². The molecule has 5 rings (SSSR count). The molecule has 0 aliphatic heterocycles. The topological polar surface area (TPSA) is 34.8 Å². The van der Waals surface area contributed by atoms with Gasteiger partial charge >= 0.3 is 0 Å². The quantitative estimate of drug-likeness (QED) is 0.376. The normalized spacial score (nSPS) is 15.6. The second kappa shape index (κ2) is 7.57. The third-order valence-electron chi connectivity index (χ3n) is 6.61. The summed E-state index contributed by atoms with van der Waals surface area (Å²) in [7, 11) is 2.20. The molecule has 2 aromatic carbocycles. The van der Waals surface area contributed by atoms with Crippen LogP contribution in [0.5, 0.6) is 0 Å². The lowest BCUT2D eigenvalue weighted by atomic mass is 9.94. The van der Waals surface area contributed by atoms with Crippen LogP contribution >= 0.6 is 0 Å². The van der Waals surface area contributed by atoms with E-state index >= 15 is 0 Å². The van der Waals surface area contributed by atoms with Gasteiger partial charge in [0.15, 0.2) is 22.5 Å². The van der Waals surface area contributed by atoms with Crippen molar-refractivity contribution in [2.24, 2.45) is 13.0 Å². The van der Waals surface area contributed by atoms with Crippen molar-refractivity contribution in [3.8, 4) is 11.4 Å². The van der Waals surface area contributed by atoms with Gasteiger partial charge in [-0.3, -0.25) is 0 Å². The predicted molar refractivity (Wildman–Crippen MR) is 122 cm³/mol. The average Bonchev–Trinajstić information content (AvgIpc) is 3.27. The molecule has 0 amide bonds. The zero-order valence-electron chi connectivity index (χ0n) is 18.6. The van der Waals surface area contributed by atoms with Crippen molar-refractivity contribution >= 4 is 22.1 Å². The molecule has 0 N–H and O–H groups in total. The first-order chi connectivity index (χ1) is 14.5. The summed E-state index contributed by atoms with van der Waals surface area (Å²) in [5.41, 5.74) is 6.92. The van der Waals surface area contributed by atoms with Gasteiger partial charge in [-0.15, -0.1) is 0 Å². The van der Waals surface area contributed by atoms with Gasteiger partial charge in [-0.1, -0.05) is 38.5 Å².